The smallest absolute Gasteiger partial charge is 0.303 e. The summed E-state index contributed by atoms with van der Waals surface area (Å²) < 4.78 is 5.94. The molecule has 25 heavy (non-hydrogen) atoms. The van der Waals surface area contributed by atoms with Crippen LogP contribution in [0.5, 0.6) is 0 Å². The average Bonchev–Trinajstić information content (AvgIpc) is 3.06. The van der Waals surface area contributed by atoms with Crippen molar-refractivity contribution in [2.24, 2.45) is 11.8 Å². The molecular weight excluding hydrogens is 320 g/mol. The fourth-order valence-corrected chi connectivity index (χ4v) is 3.86. The number of hydrogen-bond donors (Lipinski definition) is 3. The molecule has 1 aliphatic heterocycles. The summed E-state index contributed by atoms with van der Waals surface area (Å²) in [5.74, 6) is 0.429. The Labute approximate surface area is 150 Å². The molecule has 5 heteroatoms. The predicted molar refractivity (Wildman–Crippen MR) is 96.0 cm³/mol. The summed E-state index contributed by atoms with van der Waals surface area (Å²) in [4.78, 5) is 10.5. The zero-order valence-electron chi connectivity index (χ0n) is 15.1. The maximum atomic E-state index is 10.5. The van der Waals surface area contributed by atoms with Gasteiger partial charge in [0.15, 0.2) is 0 Å². The van der Waals surface area contributed by atoms with E-state index in [1.54, 1.807) is 0 Å². The Kier molecular flexibility index (Phi) is 7.97. The maximum Gasteiger partial charge on any atom is 0.303 e. The Morgan fingerprint density at radius 1 is 1.36 bits per heavy atom. The van der Waals surface area contributed by atoms with Crippen LogP contribution >= 0.6 is 0 Å². The molecule has 0 amide bonds. The summed E-state index contributed by atoms with van der Waals surface area (Å²) in [6, 6.07) is 0. The third-order valence-electron chi connectivity index (χ3n) is 5.26. The van der Waals surface area contributed by atoms with E-state index < -0.39 is 18.2 Å². The summed E-state index contributed by atoms with van der Waals surface area (Å²) >= 11 is 0. The van der Waals surface area contributed by atoms with Crippen molar-refractivity contribution in [3.8, 4) is 0 Å². The Morgan fingerprint density at radius 2 is 2.16 bits per heavy atom. The van der Waals surface area contributed by atoms with Crippen LogP contribution in [0.3, 0.4) is 0 Å². The molecule has 0 aromatic carbocycles. The van der Waals surface area contributed by atoms with Gasteiger partial charge in [0.1, 0.15) is 6.10 Å². The van der Waals surface area contributed by atoms with Crippen LogP contribution in [0.25, 0.3) is 0 Å². The van der Waals surface area contributed by atoms with E-state index in [2.05, 4.69) is 6.92 Å². The molecule has 3 N–H and O–H groups in total. The van der Waals surface area contributed by atoms with Crippen molar-refractivity contribution in [1.29, 1.82) is 0 Å². The average molecular weight is 352 g/mol. The number of aliphatic hydroxyl groups is 2. The van der Waals surface area contributed by atoms with Crippen LogP contribution in [0.1, 0.15) is 64.7 Å². The maximum absolute atomic E-state index is 10.5. The first-order valence-electron chi connectivity index (χ1n) is 9.63. The minimum absolute atomic E-state index is 0.0238. The Balaban J connectivity index is 1.83. The van der Waals surface area contributed by atoms with Crippen molar-refractivity contribution in [2.75, 3.05) is 0 Å². The van der Waals surface area contributed by atoms with Gasteiger partial charge < -0.3 is 20.1 Å². The first-order chi connectivity index (χ1) is 12.0. The van der Waals surface area contributed by atoms with E-state index in [1.165, 1.54) is 0 Å². The van der Waals surface area contributed by atoms with E-state index in [-0.39, 0.29) is 24.4 Å². The molecule has 2 rings (SSSR count). The van der Waals surface area contributed by atoms with Gasteiger partial charge in [-0.2, -0.15) is 0 Å². The van der Waals surface area contributed by atoms with Crippen molar-refractivity contribution in [3.05, 3.63) is 24.0 Å². The number of aliphatic hydroxyl groups excluding tert-OH is 2. The summed E-state index contributed by atoms with van der Waals surface area (Å²) in [6.45, 7) is 2.14. The molecule has 0 spiro atoms. The Morgan fingerprint density at radius 3 is 2.88 bits per heavy atom. The minimum Gasteiger partial charge on any atom is -0.495 e. The molecule has 2 fully saturated rings. The van der Waals surface area contributed by atoms with Gasteiger partial charge in [-0.25, -0.2) is 0 Å². The summed E-state index contributed by atoms with van der Waals surface area (Å²) in [6.07, 6.45) is 12.0. The molecule has 0 bridgehead atoms. The van der Waals surface area contributed by atoms with Crippen molar-refractivity contribution in [2.45, 2.75) is 83.0 Å². The van der Waals surface area contributed by atoms with E-state index in [0.29, 0.717) is 19.3 Å². The molecule has 1 aliphatic carbocycles. The lowest BCUT2D eigenvalue weighted by Crippen LogP contribution is -2.18. The largest absolute Gasteiger partial charge is 0.495 e. The van der Waals surface area contributed by atoms with Crippen LogP contribution < -0.4 is 0 Å². The van der Waals surface area contributed by atoms with Crippen LogP contribution in [0.2, 0.25) is 0 Å². The number of unbranched alkanes of at least 4 members (excludes halogenated alkanes) is 3. The number of allylic oxidation sites excluding steroid dienone is 2. The third-order valence-corrected chi connectivity index (χ3v) is 5.26. The van der Waals surface area contributed by atoms with Crippen LogP contribution in [0, 0.1) is 11.8 Å². The quantitative estimate of drug-likeness (QED) is 0.414. The standard InChI is InChI=1S/C20H32O5/c1-2-3-4-7-14(21)10-11-16-17-12-15(8-5-6-9-20(23)24)25-19(17)13-18(16)22/h8,10-11,14,16-19,21-22H,2-7,9,12-13H2,1H3,(H,23,24)/b11-10+,15-8-/t14?,16-,17-,18-,19+/m1/s1. The molecule has 1 saturated carbocycles. The van der Waals surface area contributed by atoms with E-state index in [0.717, 1.165) is 37.9 Å². The summed E-state index contributed by atoms with van der Waals surface area (Å²) in [5, 5.41) is 29.0. The number of ether oxygens (including phenoxy) is 1. The lowest BCUT2D eigenvalue weighted by molar-refractivity contribution is -0.137. The van der Waals surface area contributed by atoms with Crippen LogP contribution in [-0.4, -0.2) is 39.6 Å². The topological polar surface area (TPSA) is 87.0 Å². The van der Waals surface area contributed by atoms with E-state index >= 15 is 0 Å². The van der Waals surface area contributed by atoms with Gasteiger partial charge in [0.05, 0.1) is 18.0 Å². The second-order valence-corrected chi connectivity index (χ2v) is 7.31. The fourth-order valence-electron chi connectivity index (χ4n) is 3.86. The van der Waals surface area contributed by atoms with Gasteiger partial charge in [-0.05, 0) is 25.3 Å². The van der Waals surface area contributed by atoms with Crippen LogP contribution in [0.15, 0.2) is 24.0 Å². The van der Waals surface area contributed by atoms with Crippen molar-refractivity contribution in [3.63, 3.8) is 0 Å². The summed E-state index contributed by atoms with van der Waals surface area (Å²) in [7, 11) is 0. The number of carboxylic acids is 1. The number of fused-ring (bicyclic) bond motifs is 1. The zero-order chi connectivity index (χ0) is 18.2. The molecule has 5 nitrogen and oxygen atoms in total. The highest BCUT2D eigenvalue weighted by Crippen LogP contribution is 2.45. The number of carbonyl (C=O) groups is 1. The van der Waals surface area contributed by atoms with Crippen molar-refractivity contribution in [1.82, 2.24) is 0 Å². The number of hydrogen-bond acceptors (Lipinski definition) is 4. The highest BCUT2D eigenvalue weighted by atomic mass is 16.5. The van der Waals surface area contributed by atoms with Crippen LogP contribution in [-0.2, 0) is 9.53 Å². The molecule has 0 aromatic heterocycles. The fraction of sp³-hybridized carbons (Fsp3) is 0.750. The number of rotatable bonds is 10. The van der Waals surface area contributed by atoms with Gasteiger partial charge in [-0.15, -0.1) is 0 Å². The molecule has 1 saturated heterocycles. The molecule has 5 atom stereocenters. The van der Waals surface area contributed by atoms with E-state index in [4.69, 9.17) is 9.84 Å². The molecule has 2 aliphatic rings. The lowest BCUT2D eigenvalue weighted by atomic mass is 9.90. The Bertz CT molecular complexity index is 484. The first kappa shape index (κ1) is 20.0. The molecule has 0 radical (unpaired) electrons. The second-order valence-electron chi connectivity index (χ2n) is 7.31. The molecule has 1 unspecified atom stereocenters. The molecule has 142 valence electrons. The monoisotopic (exact) mass is 352 g/mol. The van der Waals surface area contributed by atoms with Gasteiger partial charge in [0, 0.05) is 31.1 Å². The van der Waals surface area contributed by atoms with Gasteiger partial charge in [-0.1, -0.05) is 38.3 Å². The minimum atomic E-state index is -0.770. The SMILES string of the molecule is CCCCCC(O)/C=C/[C@@H]1[C@H]2C/C(=C/CCCC(=O)O)O[C@H]2C[C@H]1O. The van der Waals surface area contributed by atoms with E-state index in [1.807, 2.05) is 18.2 Å². The van der Waals surface area contributed by atoms with Gasteiger partial charge in [0.25, 0.3) is 0 Å². The number of carboxylic acid groups (broad SMARTS) is 1. The zero-order valence-corrected chi connectivity index (χ0v) is 15.1. The number of aliphatic carboxylic acids is 1. The summed E-state index contributed by atoms with van der Waals surface area (Å²) in [5.41, 5.74) is 0. The second kappa shape index (κ2) is 9.97. The molecule has 0 aromatic rings. The first-order valence-corrected chi connectivity index (χ1v) is 9.63. The third kappa shape index (κ3) is 6.15. The Hall–Kier alpha value is -1.33. The van der Waals surface area contributed by atoms with Crippen molar-refractivity contribution < 1.29 is 24.9 Å². The van der Waals surface area contributed by atoms with E-state index in [9.17, 15) is 15.0 Å². The normalized spacial score (nSPS) is 31.4. The highest BCUT2D eigenvalue weighted by Gasteiger charge is 2.46. The van der Waals surface area contributed by atoms with Gasteiger partial charge >= 0.3 is 5.97 Å². The van der Waals surface area contributed by atoms with Gasteiger partial charge in [0.2, 0.25) is 0 Å². The highest BCUT2D eigenvalue weighted by molar-refractivity contribution is 5.66. The van der Waals surface area contributed by atoms with Gasteiger partial charge in [-0.3, -0.25) is 4.79 Å². The lowest BCUT2D eigenvalue weighted by Gasteiger charge is -2.16. The predicted octanol–water partition coefficient (Wildman–Crippen LogP) is 3.41. The molecular formula is C20H32O5. The van der Waals surface area contributed by atoms with Crippen LogP contribution in [0.4, 0.5) is 0 Å². The molecule has 1 heterocycles. The van der Waals surface area contributed by atoms with Crippen molar-refractivity contribution >= 4 is 5.97 Å².